The topological polar surface area (TPSA) is 29.5 Å². The van der Waals surface area contributed by atoms with Crippen molar-refractivity contribution < 1.29 is 9.53 Å². The van der Waals surface area contributed by atoms with Crippen LogP contribution in [0.2, 0.25) is 0 Å². The normalized spacial score (nSPS) is 15.2. The van der Waals surface area contributed by atoms with Crippen molar-refractivity contribution >= 4 is 44.4 Å². The van der Waals surface area contributed by atoms with Gasteiger partial charge in [0.1, 0.15) is 0 Å². The van der Waals surface area contributed by atoms with Crippen molar-refractivity contribution in [2.75, 3.05) is 36.5 Å². The molecule has 1 aliphatic heterocycles. The maximum absolute atomic E-state index is 11.4. The molecule has 0 unspecified atom stereocenters. The number of ether oxygens (including phenoxy) is 1. The second-order valence-electron chi connectivity index (χ2n) is 3.70. The quantitative estimate of drug-likeness (QED) is 0.610. The highest BCUT2D eigenvalue weighted by Crippen LogP contribution is 2.17. The number of rotatable bonds is 3. The van der Waals surface area contributed by atoms with Gasteiger partial charge in [0.2, 0.25) is 0 Å². The largest absolute Gasteiger partial charge is 0.378 e. The fourth-order valence-electron chi connectivity index (χ4n) is 1.76. The van der Waals surface area contributed by atoms with Gasteiger partial charge < -0.3 is 9.64 Å². The number of anilines is 1. The number of alkyl halides is 1. The molecule has 0 N–H and O–H groups in total. The smallest absolute Gasteiger partial charge is 0.173 e. The minimum absolute atomic E-state index is 0. The van der Waals surface area contributed by atoms with E-state index in [9.17, 15) is 4.79 Å². The van der Waals surface area contributed by atoms with E-state index in [0.717, 1.165) is 37.6 Å². The zero-order chi connectivity index (χ0) is 11.4. The van der Waals surface area contributed by atoms with E-state index in [-0.39, 0.29) is 22.8 Å². The van der Waals surface area contributed by atoms with Crippen LogP contribution in [0.5, 0.6) is 0 Å². The zero-order valence-electron chi connectivity index (χ0n) is 9.39. The Morgan fingerprint density at radius 1 is 1.24 bits per heavy atom. The summed E-state index contributed by atoms with van der Waals surface area (Å²) in [5.41, 5.74) is 1.92. The first kappa shape index (κ1) is 14.7. The first-order valence-corrected chi connectivity index (χ1v) is 6.45. The molecule has 3 nitrogen and oxygen atoms in total. The molecule has 17 heavy (non-hydrogen) atoms. The van der Waals surface area contributed by atoms with Crippen LogP contribution in [-0.2, 0) is 4.74 Å². The summed E-state index contributed by atoms with van der Waals surface area (Å²) < 4.78 is 5.30. The summed E-state index contributed by atoms with van der Waals surface area (Å²) in [6.07, 6.45) is 0. The molecule has 0 aliphatic carbocycles. The number of nitrogens with zero attached hydrogens (tertiary/aromatic N) is 1. The lowest BCUT2D eigenvalue weighted by molar-refractivity contribution is 0.102. The monoisotopic (exact) mass is 363 g/mol. The van der Waals surface area contributed by atoms with Crippen molar-refractivity contribution in [3.63, 3.8) is 0 Å². The number of carbonyl (C=O) groups excluding carboxylic acids is 1. The average Bonchev–Trinajstić information content (AvgIpc) is 2.39. The molecule has 1 aromatic rings. The van der Waals surface area contributed by atoms with Gasteiger partial charge >= 0.3 is 0 Å². The number of carbonyl (C=O) groups is 1. The number of morpholine rings is 1. The van der Waals surface area contributed by atoms with Crippen LogP contribution in [0.1, 0.15) is 10.4 Å². The molecule has 0 spiro atoms. The average molecular weight is 365 g/mol. The third-order valence-electron chi connectivity index (χ3n) is 2.69. The summed E-state index contributed by atoms with van der Waals surface area (Å²) in [5, 5.41) is 0.379. The number of hydrogen-bond acceptors (Lipinski definition) is 3. The Morgan fingerprint density at radius 3 is 2.35 bits per heavy atom. The SMILES string of the molecule is Br.O=C(CBr)c1ccc(N2CCOCC2)cc1. The zero-order valence-corrected chi connectivity index (χ0v) is 12.7. The van der Waals surface area contributed by atoms with E-state index in [2.05, 4.69) is 20.8 Å². The predicted molar refractivity (Wildman–Crippen MR) is 77.9 cm³/mol. The lowest BCUT2D eigenvalue weighted by atomic mass is 10.1. The molecule has 2 rings (SSSR count). The number of ketones is 1. The molecule has 1 aliphatic rings. The second kappa shape index (κ2) is 7.13. The fourth-order valence-corrected chi connectivity index (χ4v) is 2.08. The van der Waals surface area contributed by atoms with Gasteiger partial charge in [-0.3, -0.25) is 4.79 Å². The van der Waals surface area contributed by atoms with Gasteiger partial charge in [-0.1, -0.05) is 15.9 Å². The number of benzene rings is 1. The van der Waals surface area contributed by atoms with Gasteiger partial charge in [0, 0.05) is 24.3 Å². The van der Waals surface area contributed by atoms with E-state index in [1.807, 2.05) is 24.3 Å². The molecule has 0 atom stereocenters. The first-order valence-electron chi connectivity index (χ1n) is 5.33. The van der Waals surface area contributed by atoms with Crippen molar-refractivity contribution in [3.05, 3.63) is 29.8 Å². The molecule has 0 saturated carbocycles. The van der Waals surface area contributed by atoms with Gasteiger partial charge in [-0.05, 0) is 24.3 Å². The highest BCUT2D eigenvalue weighted by Gasteiger charge is 2.11. The Balaban J connectivity index is 0.00000144. The molecular formula is C12H15Br2NO2. The van der Waals surface area contributed by atoms with Gasteiger partial charge in [0.15, 0.2) is 5.78 Å². The number of hydrogen-bond donors (Lipinski definition) is 0. The number of Topliss-reactive ketones (excluding diaryl/α,β-unsaturated/α-hetero) is 1. The summed E-state index contributed by atoms with van der Waals surface area (Å²) >= 11 is 3.17. The summed E-state index contributed by atoms with van der Waals surface area (Å²) in [7, 11) is 0. The van der Waals surface area contributed by atoms with E-state index in [1.165, 1.54) is 0 Å². The summed E-state index contributed by atoms with van der Waals surface area (Å²) in [5.74, 6) is 0.119. The third-order valence-corrected chi connectivity index (χ3v) is 3.20. The minimum Gasteiger partial charge on any atom is -0.378 e. The van der Waals surface area contributed by atoms with Crippen LogP contribution in [0.3, 0.4) is 0 Å². The van der Waals surface area contributed by atoms with Gasteiger partial charge in [-0.2, -0.15) is 0 Å². The van der Waals surface area contributed by atoms with Crippen LogP contribution < -0.4 is 4.90 Å². The summed E-state index contributed by atoms with van der Waals surface area (Å²) in [6.45, 7) is 3.40. The van der Waals surface area contributed by atoms with Crippen molar-refractivity contribution in [1.29, 1.82) is 0 Å². The summed E-state index contributed by atoms with van der Waals surface area (Å²) in [4.78, 5) is 13.7. The van der Waals surface area contributed by atoms with Crippen LogP contribution in [-0.4, -0.2) is 37.4 Å². The third kappa shape index (κ3) is 3.79. The van der Waals surface area contributed by atoms with Crippen LogP contribution in [0.15, 0.2) is 24.3 Å². The van der Waals surface area contributed by atoms with Crippen LogP contribution in [0.4, 0.5) is 5.69 Å². The molecule has 0 bridgehead atoms. The van der Waals surface area contributed by atoms with Crippen molar-refractivity contribution in [3.8, 4) is 0 Å². The van der Waals surface area contributed by atoms with Crippen molar-refractivity contribution in [2.24, 2.45) is 0 Å². The molecule has 94 valence electrons. The Kier molecular flexibility index (Phi) is 6.16. The molecule has 0 aromatic heterocycles. The molecule has 1 saturated heterocycles. The van der Waals surface area contributed by atoms with Crippen LogP contribution in [0, 0.1) is 0 Å². The minimum atomic E-state index is 0. The van der Waals surface area contributed by atoms with E-state index in [1.54, 1.807) is 0 Å². The molecular weight excluding hydrogens is 350 g/mol. The maximum Gasteiger partial charge on any atom is 0.173 e. The van der Waals surface area contributed by atoms with E-state index in [4.69, 9.17) is 4.74 Å². The van der Waals surface area contributed by atoms with Gasteiger partial charge in [0.05, 0.1) is 18.5 Å². The van der Waals surface area contributed by atoms with Crippen LogP contribution in [0.25, 0.3) is 0 Å². The highest BCUT2D eigenvalue weighted by atomic mass is 79.9. The Bertz CT molecular complexity index is 361. The maximum atomic E-state index is 11.4. The Morgan fingerprint density at radius 2 is 1.82 bits per heavy atom. The lowest BCUT2D eigenvalue weighted by Gasteiger charge is -2.28. The molecule has 0 amide bonds. The van der Waals surface area contributed by atoms with Crippen molar-refractivity contribution in [1.82, 2.24) is 0 Å². The van der Waals surface area contributed by atoms with Gasteiger partial charge in [0.25, 0.3) is 0 Å². The molecule has 0 radical (unpaired) electrons. The molecule has 1 aromatic carbocycles. The number of halogens is 2. The standard InChI is InChI=1S/C12H14BrNO2.BrH/c13-9-12(15)10-1-3-11(4-2-10)14-5-7-16-8-6-14;/h1-4H,5-9H2;1H. The molecule has 5 heteroatoms. The van der Waals surface area contributed by atoms with E-state index in [0.29, 0.717) is 5.33 Å². The lowest BCUT2D eigenvalue weighted by Crippen LogP contribution is -2.36. The molecule has 1 heterocycles. The summed E-state index contributed by atoms with van der Waals surface area (Å²) in [6, 6.07) is 7.77. The van der Waals surface area contributed by atoms with Gasteiger partial charge in [-0.25, -0.2) is 0 Å². The highest BCUT2D eigenvalue weighted by molar-refractivity contribution is 9.09. The van der Waals surface area contributed by atoms with Gasteiger partial charge in [-0.15, -0.1) is 17.0 Å². The Labute approximate surface area is 120 Å². The van der Waals surface area contributed by atoms with E-state index < -0.39 is 0 Å². The fraction of sp³-hybridized carbons (Fsp3) is 0.417. The van der Waals surface area contributed by atoms with Crippen molar-refractivity contribution in [2.45, 2.75) is 0 Å². The molecule has 1 fully saturated rings. The van der Waals surface area contributed by atoms with Crippen LogP contribution >= 0.6 is 32.9 Å². The predicted octanol–water partition coefficient (Wildman–Crippen LogP) is 2.68. The Hall–Kier alpha value is -0.390. The first-order chi connectivity index (χ1) is 7.81. The second-order valence-corrected chi connectivity index (χ2v) is 4.26. The van der Waals surface area contributed by atoms with E-state index >= 15 is 0 Å².